The zero-order chi connectivity index (χ0) is 21.4. The molecule has 1 aromatic heterocycles. The Labute approximate surface area is 173 Å². The number of piperidine rings is 1. The van der Waals surface area contributed by atoms with Crippen LogP contribution in [0.25, 0.3) is 11.0 Å². The van der Waals surface area contributed by atoms with E-state index in [1.165, 1.54) is 9.13 Å². The van der Waals surface area contributed by atoms with Gasteiger partial charge in [0.2, 0.25) is 11.8 Å². The lowest BCUT2D eigenvalue weighted by atomic mass is 9.82. The highest BCUT2D eigenvalue weighted by Crippen LogP contribution is 2.30. The molecule has 1 aliphatic heterocycles. The molecule has 30 heavy (non-hydrogen) atoms. The minimum atomic E-state index is -0.701. The number of carbonyl (C=O) groups is 3. The number of imide groups is 1. The maximum Gasteiger partial charge on any atom is 0.329 e. The number of fused-ring (bicyclic) bond motifs is 1. The van der Waals surface area contributed by atoms with Crippen molar-refractivity contribution in [2.24, 2.45) is 18.9 Å². The number of carboxylic acids is 1. The van der Waals surface area contributed by atoms with Gasteiger partial charge in [-0.25, -0.2) is 4.79 Å². The minimum Gasteiger partial charge on any atom is -0.481 e. The molecular formula is C21H26N4O5. The number of aliphatic carboxylic acids is 1. The van der Waals surface area contributed by atoms with Crippen molar-refractivity contribution in [3.05, 3.63) is 28.7 Å². The second-order valence-corrected chi connectivity index (χ2v) is 8.32. The van der Waals surface area contributed by atoms with Gasteiger partial charge in [0.05, 0.1) is 17.0 Å². The molecule has 4 rings (SSSR count). The maximum absolute atomic E-state index is 12.8. The largest absolute Gasteiger partial charge is 0.481 e. The van der Waals surface area contributed by atoms with E-state index in [4.69, 9.17) is 5.11 Å². The van der Waals surface area contributed by atoms with Crippen LogP contribution in [0.4, 0.5) is 5.69 Å². The SMILES string of the molecule is Cn1c(=O)n(C2CCC(=O)NC2=O)c2ccc(NC[C@H]3CC[C@@H](C(=O)O)CC3)cc21. The number of aryl methyl sites for hydroxylation is 1. The van der Waals surface area contributed by atoms with Gasteiger partial charge in [-0.3, -0.25) is 28.8 Å². The number of imidazole rings is 1. The lowest BCUT2D eigenvalue weighted by Crippen LogP contribution is -2.44. The Morgan fingerprint density at radius 1 is 1.13 bits per heavy atom. The van der Waals surface area contributed by atoms with Crippen molar-refractivity contribution in [3.63, 3.8) is 0 Å². The molecule has 2 aromatic rings. The average molecular weight is 414 g/mol. The number of nitrogens with one attached hydrogen (secondary N) is 2. The van der Waals surface area contributed by atoms with Crippen LogP contribution in [0.1, 0.15) is 44.6 Å². The fraction of sp³-hybridized carbons (Fsp3) is 0.524. The van der Waals surface area contributed by atoms with Crippen LogP contribution >= 0.6 is 0 Å². The number of hydrogen-bond acceptors (Lipinski definition) is 5. The topological polar surface area (TPSA) is 122 Å². The highest BCUT2D eigenvalue weighted by atomic mass is 16.4. The number of rotatable bonds is 5. The van der Waals surface area contributed by atoms with Gasteiger partial charge in [0.25, 0.3) is 0 Å². The fourth-order valence-electron chi connectivity index (χ4n) is 4.58. The molecule has 2 heterocycles. The molecular weight excluding hydrogens is 388 g/mol. The number of amides is 2. The van der Waals surface area contributed by atoms with Gasteiger partial charge in [-0.2, -0.15) is 0 Å². The summed E-state index contributed by atoms with van der Waals surface area (Å²) in [6, 6.07) is 4.90. The van der Waals surface area contributed by atoms with E-state index >= 15 is 0 Å². The summed E-state index contributed by atoms with van der Waals surface area (Å²) >= 11 is 0. The van der Waals surface area contributed by atoms with Crippen LogP contribution in [-0.4, -0.2) is 38.6 Å². The number of benzene rings is 1. The number of hydrogen-bond donors (Lipinski definition) is 3. The Bertz CT molecular complexity index is 1060. The van der Waals surface area contributed by atoms with Crippen LogP contribution in [0.2, 0.25) is 0 Å². The predicted molar refractivity (Wildman–Crippen MR) is 110 cm³/mol. The molecule has 2 fully saturated rings. The summed E-state index contributed by atoms with van der Waals surface area (Å²) in [5.41, 5.74) is 1.95. The van der Waals surface area contributed by atoms with Crippen molar-refractivity contribution in [2.75, 3.05) is 11.9 Å². The summed E-state index contributed by atoms with van der Waals surface area (Å²) < 4.78 is 2.98. The van der Waals surface area contributed by atoms with Gasteiger partial charge in [-0.1, -0.05) is 0 Å². The molecule has 9 nitrogen and oxygen atoms in total. The van der Waals surface area contributed by atoms with E-state index in [-0.39, 0.29) is 23.9 Å². The van der Waals surface area contributed by atoms with Crippen molar-refractivity contribution in [1.29, 1.82) is 0 Å². The molecule has 2 aliphatic rings. The van der Waals surface area contributed by atoms with Crippen LogP contribution in [0.5, 0.6) is 0 Å². The first kappa shape index (κ1) is 20.2. The molecule has 3 N–H and O–H groups in total. The summed E-state index contributed by atoms with van der Waals surface area (Å²) in [5, 5.41) is 14.8. The number of anilines is 1. The average Bonchev–Trinajstić information content (AvgIpc) is 2.97. The molecule has 1 aliphatic carbocycles. The molecule has 0 bridgehead atoms. The highest BCUT2D eigenvalue weighted by Gasteiger charge is 2.31. The second-order valence-electron chi connectivity index (χ2n) is 8.32. The molecule has 1 saturated heterocycles. The summed E-state index contributed by atoms with van der Waals surface area (Å²) in [5.74, 6) is -1.26. The lowest BCUT2D eigenvalue weighted by molar-refractivity contribution is -0.143. The molecule has 1 saturated carbocycles. The fourth-order valence-corrected chi connectivity index (χ4v) is 4.58. The molecule has 0 radical (unpaired) electrons. The van der Waals surface area contributed by atoms with Gasteiger partial charge in [0.1, 0.15) is 6.04 Å². The highest BCUT2D eigenvalue weighted by molar-refractivity contribution is 6.00. The number of carbonyl (C=O) groups excluding carboxylic acids is 2. The van der Waals surface area contributed by atoms with Crippen molar-refractivity contribution in [3.8, 4) is 0 Å². The third-order valence-electron chi connectivity index (χ3n) is 6.40. The molecule has 1 aromatic carbocycles. The van der Waals surface area contributed by atoms with Crippen LogP contribution in [0.15, 0.2) is 23.0 Å². The smallest absolute Gasteiger partial charge is 0.329 e. The Hall–Kier alpha value is -3.10. The second kappa shape index (κ2) is 7.97. The Balaban J connectivity index is 1.51. The van der Waals surface area contributed by atoms with Crippen molar-refractivity contribution in [1.82, 2.24) is 14.5 Å². The quantitative estimate of drug-likeness (QED) is 0.639. The normalized spacial score (nSPS) is 24.6. The Morgan fingerprint density at radius 2 is 1.87 bits per heavy atom. The van der Waals surface area contributed by atoms with E-state index < -0.39 is 17.9 Å². The van der Waals surface area contributed by atoms with E-state index in [9.17, 15) is 19.2 Å². The van der Waals surface area contributed by atoms with E-state index in [1.54, 1.807) is 7.05 Å². The number of nitrogens with zero attached hydrogens (tertiary/aromatic N) is 2. The van der Waals surface area contributed by atoms with Crippen molar-refractivity contribution < 1.29 is 19.5 Å². The van der Waals surface area contributed by atoms with E-state index in [1.807, 2.05) is 18.2 Å². The molecule has 0 spiro atoms. The lowest BCUT2D eigenvalue weighted by Gasteiger charge is -2.26. The number of carboxylic acid groups (broad SMARTS) is 1. The molecule has 160 valence electrons. The van der Waals surface area contributed by atoms with Crippen molar-refractivity contribution >= 4 is 34.5 Å². The monoisotopic (exact) mass is 414 g/mol. The molecule has 1 unspecified atom stereocenters. The van der Waals surface area contributed by atoms with E-state index in [2.05, 4.69) is 10.6 Å². The predicted octanol–water partition coefficient (Wildman–Crippen LogP) is 1.62. The van der Waals surface area contributed by atoms with Crippen molar-refractivity contribution in [2.45, 2.75) is 44.6 Å². The van der Waals surface area contributed by atoms with Crippen LogP contribution in [0.3, 0.4) is 0 Å². The molecule has 9 heteroatoms. The van der Waals surface area contributed by atoms with Gasteiger partial charge < -0.3 is 10.4 Å². The van der Waals surface area contributed by atoms with E-state index in [0.717, 1.165) is 25.1 Å². The first-order chi connectivity index (χ1) is 14.3. The third kappa shape index (κ3) is 3.71. The summed E-state index contributed by atoms with van der Waals surface area (Å²) in [6.45, 7) is 0.750. The van der Waals surface area contributed by atoms with Crippen LogP contribution in [0, 0.1) is 11.8 Å². The molecule has 2 amide bonds. The molecule has 1 atom stereocenters. The zero-order valence-corrected chi connectivity index (χ0v) is 16.9. The number of aromatic nitrogens is 2. The maximum atomic E-state index is 12.8. The summed E-state index contributed by atoms with van der Waals surface area (Å²) in [4.78, 5) is 47.6. The van der Waals surface area contributed by atoms with Gasteiger partial charge in [0.15, 0.2) is 0 Å². The minimum absolute atomic E-state index is 0.211. The van der Waals surface area contributed by atoms with Gasteiger partial charge >= 0.3 is 11.7 Å². The third-order valence-corrected chi connectivity index (χ3v) is 6.40. The van der Waals surface area contributed by atoms with Crippen LogP contribution < -0.4 is 16.3 Å². The Morgan fingerprint density at radius 3 is 2.53 bits per heavy atom. The standard InChI is InChI=1S/C21H26N4O5/c1-24-17-10-14(22-11-12-2-4-13(5-3-12)20(28)29)6-7-15(17)25(21(24)30)16-8-9-18(26)23-19(16)27/h6-7,10,12-13,16,22H,2-5,8-9,11H2,1H3,(H,28,29)(H,23,26,27)/t12-,13+,16?. The van der Waals surface area contributed by atoms with E-state index in [0.29, 0.717) is 36.2 Å². The zero-order valence-electron chi connectivity index (χ0n) is 16.9. The van der Waals surface area contributed by atoms with Gasteiger partial charge in [-0.05, 0) is 56.2 Å². The first-order valence-corrected chi connectivity index (χ1v) is 10.4. The van der Waals surface area contributed by atoms with Crippen LogP contribution in [-0.2, 0) is 21.4 Å². The first-order valence-electron chi connectivity index (χ1n) is 10.4. The summed E-state index contributed by atoms with van der Waals surface area (Å²) in [7, 11) is 1.67. The van der Waals surface area contributed by atoms with Gasteiger partial charge in [0, 0.05) is 25.7 Å². The van der Waals surface area contributed by atoms with Gasteiger partial charge in [-0.15, -0.1) is 0 Å². The Kier molecular flexibility index (Phi) is 5.36. The summed E-state index contributed by atoms with van der Waals surface area (Å²) in [6.07, 6.45) is 3.72.